The summed E-state index contributed by atoms with van der Waals surface area (Å²) in [7, 11) is 0. The van der Waals surface area contributed by atoms with Crippen LogP contribution in [0, 0.1) is 5.92 Å². The Morgan fingerprint density at radius 2 is 1.74 bits per heavy atom. The van der Waals surface area contributed by atoms with Gasteiger partial charge in [0, 0.05) is 12.8 Å². The SMILES string of the molecule is CCC(C)[C@H](NC(=O)OC(C)(C)C)C(=O)ON1C(=O)CCC1=O. The van der Waals surface area contributed by atoms with Gasteiger partial charge in [-0.05, 0) is 26.7 Å². The van der Waals surface area contributed by atoms with Gasteiger partial charge in [0.2, 0.25) is 0 Å². The van der Waals surface area contributed by atoms with Gasteiger partial charge < -0.3 is 14.9 Å². The summed E-state index contributed by atoms with van der Waals surface area (Å²) in [5.74, 6) is -2.26. The zero-order valence-corrected chi connectivity index (χ0v) is 14.2. The molecule has 1 rings (SSSR count). The van der Waals surface area contributed by atoms with Crippen LogP contribution in [0.4, 0.5) is 4.79 Å². The first-order valence-corrected chi connectivity index (χ1v) is 7.62. The van der Waals surface area contributed by atoms with Gasteiger partial charge in [0.25, 0.3) is 11.8 Å². The zero-order chi connectivity index (χ0) is 17.8. The molecule has 1 fully saturated rings. The van der Waals surface area contributed by atoms with Crippen molar-refractivity contribution in [2.75, 3.05) is 0 Å². The van der Waals surface area contributed by atoms with Crippen molar-refractivity contribution in [2.45, 2.75) is 65.5 Å². The summed E-state index contributed by atoms with van der Waals surface area (Å²) in [6.45, 7) is 8.69. The molecular formula is C15H24N2O6. The lowest BCUT2D eigenvalue weighted by atomic mass is 9.99. The van der Waals surface area contributed by atoms with E-state index in [0.29, 0.717) is 11.5 Å². The second kappa shape index (κ2) is 7.43. The summed E-state index contributed by atoms with van der Waals surface area (Å²) >= 11 is 0. The average Bonchev–Trinajstić information content (AvgIpc) is 2.73. The fourth-order valence-corrected chi connectivity index (χ4v) is 1.91. The summed E-state index contributed by atoms with van der Waals surface area (Å²) in [6.07, 6.45) is -0.157. The van der Waals surface area contributed by atoms with Crippen molar-refractivity contribution in [1.82, 2.24) is 10.4 Å². The highest BCUT2D eigenvalue weighted by Gasteiger charge is 2.37. The van der Waals surface area contributed by atoms with Gasteiger partial charge in [-0.1, -0.05) is 20.3 Å². The molecule has 0 aromatic carbocycles. The van der Waals surface area contributed by atoms with Crippen molar-refractivity contribution < 1.29 is 28.8 Å². The average molecular weight is 328 g/mol. The molecule has 1 saturated heterocycles. The van der Waals surface area contributed by atoms with Crippen LogP contribution in [0.25, 0.3) is 0 Å². The van der Waals surface area contributed by atoms with Gasteiger partial charge in [0.1, 0.15) is 11.6 Å². The van der Waals surface area contributed by atoms with Crippen LogP contribution in [0.5, 0.6) is 0 Å². The van der Waals surface area contributed by atoms with Crippen LogP contribution in [0.1, 0.15) is 53.9 Å². The number of imide groups is 1. The van der Waals surface area contributed by atoms with Crippen molar-refractivity contribution >= 4 is 23.9 Å². The largest absolute Gasteiger partial charge is 0.444 e. The Balaban J connectivity index is 2.77. The minimum Gasteiger partial charge on any atom is -0.444 e. The van der Waals surface area contributed by atoms with Crippen molar-refractivity contribution in [3.63, 3.8) is 0 Å². The Hall–Kier alpha value is -2.12. The molecular weight excluding hydrogens is 304 g/mol. The zero-order valence-electron chi connectivity index (χ0n) is 14.2. The molecule has 1 N–H and O–H groups in total. The molecule has 23 heavy (non-hydrogen) atoms. The number of hydrogen-bond donors (Lipinski definition) is 1. The van der Waals surface area contributed by atoms with Crippen LogP contribution in [-0.2, 0) is 24.0 Å². The second-order valence-electron chi connectivity index (χ2n) is 6.50. The van der Waals surface area contributed by atoms with Crippen LogP contribution < -0.4 is 5.32 Å². The number of amides is 3. The molecule has 1 heterocycles. The quantitative estimate of drug-likeness (QED) is 0.768. The molecule has 0 bridgehead atoms. The summed E-state index contributed by atoms with van der Waals surface area (Å²) in [5.41, 5.74) is -0.713. The lowest BCUT2D eigenvalue weighted by Crippen LogP contribution is -2.49. The minimum atomic E-state index is -1.02. The van der Waals surface area contributed by atoms with E-state index >= 15 is 0 Å². The summed E-state index contributed by atoms with van der Waals surface area (Å²) < 4.78 is 5.12. The summed E-state index contributed by atoms with van der Waals surface area (Å²) in [6, 6.07) is -1.02. The first kappa shape index (κ1) is 18.9. The summed E-state index contributed by atoms with van der Waals surface area (Å²) in [4.78, 5) is 52.0. The van der Waals surface area contributed by atoms with E-state index in [2.05, 4.69) is 5.32 Å². The third-order valence-corrected chi connectivity index (χ3v) is 3.33. The van der Waals surface area contributed by atoms with Gasteiger partial charge in [-0.25, -0.2) is 9.59 Å². The standard InChI is InChI=1S/C15H24N2O6/c1-6-9(2)12(16-14(21)22-15(3,4)5)13(20)23-17-10(18)7-8-11(17)19/h9,12H,6-8H2,1-5H3,(H,16,21)/t9?,12-/m0/s1. The molecule has 3 amide bonds. The maximum Gasteiger partial charge on any atom is 0.408 e. The van der Waals surface area contributed by atoms with Gasteiger partial charge in [-0.2, -0.15) is 0 Å². The second-order valence-corrected chi connectivity index (χ2v) is 6.50. The molecule has 0 aliphatic carbocycles. The highest BCUT2D eigenvalue weighted by atomic mass is 16.7. The van der Waals surface area contributed by atoms with E-state index in [1.807, 2.05) is 6.92 Å². The van der Waals surface area contributed by atoms with E-state index in [-0.39, 0.29) is 18.8 Å². The van der Waals surface area contributed by atoms with Gasteiger partial charge in [-0.3, -0.25) is 9.59 Å². The Morgan fingerprint density at radius 3 is 2.17 bits per heavy atom. The van der Waals surface area contributed by atoms with E-state index in [4.69, 9.17) is 9.57 Å². The predicted octanol–water partition coefficient (Wildman–Crippen LogP) is 1.53. The number of nitrogens with one attached hydrogen (secondary N) is 1. The fraction of sp³-hybridized carbons (Fsp3) is 0.733. The third-order valence-electron chi connectivity index (χ3n) is 3.33. The van der Waals surface area contributed by atoms with Crippen molar-refractivity contribution in [3.8, 4) is 0 Å². The molecule has 0 spiro atoms. The number of carbonyl (C=O) groups is 4. The van der Waals surface area contributed by atoms with Gasteiger partial charge >= 0.3 is 12.1 Å². The smallest absolute Gasteiger partial charge is 0.408 e. The first-order chi connectivity index (χ1) is 10.5. The van der Waals surface area contributed by atoms with E-state index in [9.17, 15) is 19.2 Å². The molecule has 0 aromatic rings. The van der Waals surface area contributed by atoms with E-state index in [1.54, 1.807) is 27.7 Å². The van der Waals surface area contributed by atoms with E-state index < -0.39 is 35.5 Å². The van der Waals surface area contributed by atoms with Gasteiger partial charge in [0.05, 0.1) is 0 Å². The molecule has 1 unspecified atom stereocenters. The highest BCUT2D eigenvalue weighted by molar-refractivity contribution is 6.01. The van der Waals surface area contributed by atoms with Gasteiger partial charge in [-0.15, -0.1) is 5.06 Å². The van der Waals surface area contributed by atoms with Crippen molar-refractivity contribution in [3.05, 3.63) is 0 Å². The lowest BCUT2D eigenvalue weighted by molar-refractivity contribution is -0.199. The normalized spacial score (nSPS) is 17.7. The molecule has 0 radical (unpaired) electrons. The number of hydrogen-bond acceptors (Lipinski definition) is 6. The number of hydroxylamine groups is 2. The third kappa shape index (κ3) is 5.54. The molecule has 2 atom stereocenters. The Bertz CT molecular complexity index is 481. The summed E-state index contributed by atoms with van der Waals surface area (Å²) in [5, 5.41) is 2.91. The number of ether oxygens (including phenoxy) is 1. The number of rotatable bonds is 5. The molecule has 130 valence electrons. The minimum absolute atomic E-state index is 0.0135. The lowest BCUT2D eigenvalue weighted by Gasteiger charge is -2.26. The molecule has 8 heteroatoms. The monoisotopic (exact) mass is 328 g/mol. The number of alkyl carbamates (subject to hydrolysis) is 1. The van der Waals surface area contributed by atoms with Crippen molar-refractivity contribution in [1.29, 1.82) is 0 Å². The van der Waals surface area contributed by atoms with Gasteiger partial charge in [0.15, 0.2) is 0 Å². The van der Waals surface area contributed by atoms with Crippen LogP contribution in [-0.4, -0.2) is 40.6 Å². The Kier molecular flexibility index (Phi) is 6.12. The Morgan fingerprint density at radius 1 is 1.22 bits per heavy atom. The van der Waals surface area contributed by atoms with E-state index in [1.165, 1.54) is 0 Å². The molecule has 0 aromatic heterocycles. The number of carbonyl (C=O) groups excluding carboxylic acids is 4. The number of nitrogens with zero attached hydrogens (tertiary/aromatic N) is 1. The first-order valence-electron chi connectivity index (χ1n) is 7.62. The molecule has 8 nitrogen and oxygen atoms in total. The maximum absolute atomic E-state index is 12.3. The van der Waals surface area contributed by atoms with Crippen molar-refractivity contribution in [2.24, 2.45) is 5.92 Å². The Labute approximate surface area is 135 Å². The highest BCUT2D eigenvalue weighted by Crippen LogP contribution is 2.16. The van der Waals surface area contributed by atoms with Crippen LogP contribution in [0.3, 0.4) is 0 Å². The van der Waals surface area contributed by atoms with E-state index in [0.717, 1.165) is 0 Å². The predicted molar refractivity (Wildman–Crippen MR) is 79.8 cm³/mol. The fourth-order valence-electron chi connectivity index (χ4n) is 1.91. The van der Waals surface area contributed by atoms with Crippen LogP contribution in [0.2, 0.25) is 0 Å². The van der Waals surface area contributed by atoms with Crippen LogP contribution >= 0.6 is 0 Å². The topological polar surface area (TPSA) is 102 Å². The molecule has 0 saturated carbocycles. The van der Waals surface area contributed by atoms with Crippen LogP contribution in [0.15, 0.2) is 0 Å². The maximum atomic E-state index is 12.3. The molecule has 1 aliphatic rings. The molecule has 1 aliphatic heterocycles.